The zero-order chi connectivity index (χ0) is 14.9. The number of aromatic nitrogens is 2. The Bertz CT molecular complexity index is 733. The van der Waals surface area contributed by atoms with Crippen LogP contribution in [-0.2, 0) is 21.1 Å². The molecule has 1 aliphatic rings. The Labute approximate surface area is 124 Å². The van der Waals surface area contributed by atoms with Crippen molar-refractivity contribution in [3.8, 4) is 0 Å². The van der Waals surface area contributed by atoms with Crippen molar-refractivity contribution < 1.29 is 13.2 Å². The molecule has 1 saturated heterocycles. The fourth-order valence-electron chi connectivity index (χ4n) is 2.45. The first-order valence-electron chi connectivity index (χ1n) is 6.99. The Morgan fingerprint density at radius 1 is 1.29 bits per heavy atom. The fraction of sp³-hybridized carbons (Fsp3) is 0.500. The van der Waals surface area contributed by atoms with E-state index in [1.165, 1.54) is 6.26 Å². The molecule has 114 valence electrons. The van der Waals surface area contributed by atoms with Crippen molar-refractivity contribution in [3.05, 3.63) is 24.4 Å². The summed E-state index contributed by atoms with van der Waals surface area (Å²) in [5, 5.41) is 5.49. The van der Waals surface area contributed by atoms with Gasteiger partial charge in [0.15, 0.2) is 0 Å². The molecule has 2 heterocycles. The molecule has 0 aliphatic carbocycles. The van der Waals surface area contributed by atoms with Gasteiger partial charge in [0.25, 0.3) is 0 Å². The van der Waals surface area contributed by atoms with E-state index in [1.54, 1.807) is 4.68 Å². The number of nitrogens with zero attached hydrogens (tertiary/aromatic N) is 3. The van der Waals surface area contributed by atoms with Crippen LogP contribution in [0.4, 0.5) is 5.69 Å². The number of aryl methyl sites for hydroxylation is 1. The summed E-state index contributed by atoms with van der Waals surface area (Å²) in [4.78, 5) is 2.28. The molecule has 1 fully saturated rings. The minimum Gasteiger partial charge on any atom is -0.378 e. The second kappa shape index (κ2) is 5.65. The topological polar surface area (TPSA) is 64.4 Å². The minimum absolute atomic E-state index is 0.108. The lowest BCUT2D eigenvalue weighted by molar-refractivity contribution is 0.122. The summed E-state index contributed by atoms with van der Waals surface area (Å²) >= 11 is 0. The van der Waals surface area contributed by atoms with E-state index >= 15 is 0 Å². The molecule has 6 nitrogen and oxygen atoms in total. The molecule has 1 aromatic heterocycles. The van der Waals surface area contributed by atoms with Crippen LogP contribution in [0.5, 0.6) is 0 Å². The lowest BCUT2D eigenvalue weighted by atomic mass is 10.2. The normalized spacial score (nSPS) is 16.5. The standard InChI is InChI=1S/C14H19N3O3S/c1-21(18,19)9-6-17-11-12-2-3-13(10-14(12)15-17)16-4-7-20-8-5-16/h2-3,10-11H,4-9H2,1H3. The molecule has 0 amide bonds. The van der Waals surface area contributed by atoms with Gasteiger partial charge in [-0.2, -0.15) is 5.10 Å². The van der Waals surface area contributed by atoms with Crippen molar-refractivity contribution in [1.82, 2.24) is 9.78 Å². The number of hydrogen-bond donors (Lipinski definition) is 0. The van der Waals surface area contributed by atoms with E-state index in [0.29, 0.717) is 6.54 Å². The van der Waals surface area contributed by atoms with E-state index in [9.17, 15) is 8.42 Å². The molecule has 7 heteroatoms. The van der Waals surface area contributed by atoms with Crippen LogP contribution >= 0.6 is 0 Å². The number of hydrogen-bond acceptors (Lipinski definition) is 5. The summed E-state index contributed by atoms with van der Waals surface area (Å²) in [5.74, 6) is 0.108. The molecule has 1 aromatic carbocycles. The van der Waals surface area contributed by atoms with Gasteiger partial charge in [0.2, 0.25) is 0 Å². The third-order valence-corrected chi connectivity index (χ3v) is 4.53. The van der Waals surface area contributed by atoms with Crippen molar-refractivity contribution in [2.75, 3.05) is 43.2 Å². The smallest absolute Gasteiger partial charge is 0.149 e. The number of morpholine rings is 1. The maximum absolute atomic E-state index is 11.2. The molecule has 0 saturated carbocycles. The van der Waals surface area contributed by atoms with Gasteiger partial charge in [0.05, 0.1) is 31.0 Å². The van der Waals surface area contributed by atoms with E-state index in [0.717, 1.165) is 42.9 Å². The molecule has 0 bridgehead atoms. The van der Waals surface area contributed by atoms with Crippen LogP contribution in [0.1, 0.15) is 0 Å². The van der Waals surface area contributed by atoms with E-state index < -0.39 is 9.84 Å². The summed E-state index contributed by atoms with van der Waals surface area (Å²) in [6.07, 6.45) is 3.14. The molecule has 0 unspecified atom stereocenters. The third-order valence-electron chi connectivity index (χ3n) is 3.61. The monoisotopic (exact) mass is 309 g/mol. The fourth-order valence-corrected chi connectivity index (χ4v) is 2.97. The maximum atomic E-state index is 11.2. The predicted octanol–water partition coefficient (Wildman–Crippen LogP) is 0.917. The molecule has 3 rings (SSSR count). The van der Waals surface area contributed by atoms with Gasteiger partial charge in [-0.1, -0.05) is 0 Å². The van der Waals surface area contributed by atoms with E-state index in [4.69, 9.17) is 4.74 Å². The predicted molar refractivity (Wildman–Crippen MR) is 82.5 cm³/mol. The van der Waals surface area contributed by atoms with Gasteiger partial charge in [-0.15, -0.1) is 0 Å². The van der Waals surface area contributed by atoms with Crippen molar-refractivity contribution >= 4 is 26.4 Å². The molecule has 0 N–H and O–H groups in total. The van der Waals surface area contributed by atoms with Crippen LogP contribution in [0, 0.1) is 0 Å². The molecule has 0 radical (unpaired) electrons. The van der Waals surface area contributed by atoms with E-state index in [2.05, 4.69) is 22.1 Å². The van der Waals surface area contributed by atoms with Crippen LogP contribution < -0.4 is 4.90 Å². The second-order valence-electron chi connectivity index (χ2n) is 5.36. The van der Waals surface area contributed by atoms with Crippen LogP contribution in [0.3, 0.4) is 0 Å². The number of sulfone groups is 1. The molecule has 0 spiro atoms. The minimum atomic E-state index is -2.97. The van der Waals surface area contributed by atoms with Crippen LogP contribution in [0.25, 0.3) is 10.9 Å². The highest BCUT2D eigenvalue weighted by atomic mass is 32.2. The first-order chi connectivity index (χ1) is 10.0. The van der Waals surface area contributed by atoms with Crippen molar-refractivity contribution in [2.45, 2.75) is 6.54 Å². The average molecular weight is 309 g/mol. The van der Waals surface area contributed by atoms with Crippen molar-refractivity contribution in [2.24, 2.45) is 0 Å². The lowest BCUT2D eigenvalue weighted by Crippen LogP contribution is -2.36. The van der Waals surface area contributed by atoms with Crippen LogP contribution in [-0.4, -0.2) is 56.5 Å². The highest BCUT2D eigenvalue weighted by molar-refractivity contribution is 7.90. The zero-order valence-electron chi connectivity index (χ0n) is 12.0. The summed E-state index contributed by atoms with van der Waals surface area (Å²) in [6.45, 7) is 3.67. The van der Waals surface area contributed by atoms with Crippen LogP contribution in [0.15, 0.2) is 24.4 Å². The Kier molecular flexibility index (Phi) is 3.86. The molecule has 0 atom stereocenters. The first-order valence-corrected chi connectivity index (χ1v) is 9.05. The number of ether oxygens (including phenoxy) is 1. The number of benzene rings is 1. The summed E-state index contributed by atoms with van der Waals surface area (Å²) in [5.41, 5.74) is 2.03. The van der Waals surface area contributed by atoms with Crippen molar-refractivity contribution in [1.29, 1.82) is 0 Å². The molecule has 21 heavy (non-hydrogen) atoms. The van der Waals surface area contributed by atoms with Gasteiger partial charge in [0.1, 0.15) is 9.84 Å². The van der Waals surface area contributed by atoms with Gasteiger partial charge in [-0.25, -0.2) is 8.42 Å². The average Bonchev–Trinajstić information content (AvgIpc) is 2.87. The summed E-state index contributed by atoms with van der Waals surface area (Å²) < 4.78 is 29.5. The van der Waals surface area contributed by atoms with Crippen molar-refractivity contribution in [3.63, 3.8) is 0 Å². The second-order valence-corrected chi connectivity index (χ2v) is 7.62. The summed E-state index contributed by atoms with van der Waals surface area (Å²) in [7, 11) is -2.97. The van der Waals surface area contributed by atoms with Crippen LogP contribution in [0.2, 0.25) is 0 Å². The summed E-state index contributed by atoms with van der Waals surface area (Å²) in [6, 6.07) is 6.16. The number of fused-ring (bicyclic) bond motifs is 1. The maximum Gasteiger partial charge on any atom is 0.149 e. The first kappa shape index (κ1) is 14.3. The molecule has 2 aromatic rings. The van der Waals surface area contributed by atoms with Gasteiger partial charge in [-0.05, 0) is 18.2 Å². The number of rotatable bonds is 4. The van der Waals surface area contributed by atoms with Gasteiger partial charge < -0.3 is 9.64 Å². The number of anilines is 1. The third kappa shape index (κ3) is 3.54. The highest BCUT2D eigenvalue weighted by Gasteiger charge is 2.12. The van der Waals surface area contributed by atoms with E-state index in [-0.39, 0.29) is 5.75 Å². The Balaban J connectivity index is 1.81. The highest BCUT2D eigenvalue weighted by Crippen LogP contribution is 2.22. The molecular weight excluding hydrogens is 290 g/mol. The van der Waals surface area contributed by atoms with Gasteiger partial charge in [0, 0.05) is 36.6 Å². The Morgan fingerprint density at radius 3 is 2.76 bits per heavy atom. The lowest BCUT2D eigenvalue weighted by Gasteiger charge is -2.28. The Morgan fingerprint density at radius 2 is 2.05 bits per heavy atom. The van der Waals surface area contributed by atoms with E-state index in [1.807, 2.05) is 12.3 Å². The zero-order valence-corrected chi connectivity index (χ0v) is 12.8. The molecular formula is C14H19N3O3S. The SMILES string of the molecule is CS(=O)(=O)CCn1cc2ccc(N3CCOCC3)cc2n1. The van der Waals surface area contributed by atoms with Gasteiger partial charge >= 0.3 is 0 Å². The molecule has 1 aliphatic heterocycles. The Hall–Kier alpha value is -1.60. The quantitative estimate of drug-likeness (QED) is 0.840. The largest absolute Gasteiger partial charge is 0.378 e. The van der Waals surface area contributed by atoms with Gasteiger partial charge in [-0.3, -0.25) is 4.68 Å².